The highest BCUT2D eigenvalue weighted by Crippen LogP contribution is 2.30. The first-order chi connectivity index (χ1) is 16.7. The van der Waals surface area contributed by atoms with E-state index in [0.29, 0.717) is 19.1 Å². The highest BCUT2D eigenvalue weighted by molar-refractivity contribution is 5.36. The number of benzene rings is 3. The lowest BCUT2D eigenvalue weighted by Gasteiger charge is -2.40. The fourth-order valence-corrected chi connectivity index (χ4v) is 4.86. The molecule has 1 fully saturated rings. The summed E-state index contributed by atoms with van der Waals surface area (Å²) in [6.07, 6.45) is 0.566. The molecule has 1 saturated heterocycles. The van der Waals surface area contributed by atoms with Gasteiger partial charge in [-0.15, -0.1) is 0 Å². The lowest BCUT2D eigenvalue weighted by atomic mass is 9.96. The van der Waals surface area contributed by atoms with Crippen LogP contribution in [0.25, 0.3) is 0 Å². The first kappa shape index (κ1) is 24.5. The summed E-state index contributed by atoms with van der Waals surface area (Å²) in [6, 6.07) is 30.0. The van der Waals surface area contributed by atoms with E-state index in [0.717, 1.165) is 38.3 Å². The van der Waals surface area contributed by atoms with Crippen LogP contribution in [-0.2, 0) is 0 Å². The topological polar surface area (TPSA) is 35.9 Å². The Balaban J connectivity index is 1.32. The van der Waals surface area contributed by atoms with Crippen LogP contribution in [0.3, 0.4) is 0 Å². The fourth-order valence-electron chi connectivity index (χ4n) is 4.86. The van der Waals surface area contributed by atoms with Crippen molar-refractivity contribution >= 4 is 0 Å². The van der Waals surface area contributed by atoms with Gasteiger partial charge < -0.3 is 9.84 Å². The second-order valence-corrected chi connectivity index (χ2v) is 9.37. The van der Waals surface area contributed by atoms with Crippen molar-refractivity contribution < 1.29 is 9.84 Å². The molecule has 180 valence electrons. The van der Waals surface area contributed by atoms with Crippen LogP contribution < -0.4 is 4.74 Å². The van der Waals surface area contributed by atoms with Crippen molar-refractivity contribution in [1.29, 1.82) is 0 Å². The molecule has 1 aliphatic heterocycles. The van der Waals surface area contributed by atoms with E-state index in [1.54, 1.807) is 0 Å². The van der Waals surface area contributed by atoms with Crippen LogP contribution in [0.5, 0.6) is 5.75 Å². The maximum absolute atomic E-state index is 10.7. The van der Waals surface area contributed by atoms with Crippen LogP contribution in [0, 0.1) is 0 Å². The van der Waals surface area contributed by atoms with Crippen molar-refractivity contribution in [3.8, 4) is 5.75 Å². The van der Waals surface area contributed by atoms with Gasteiger partial charge in [-0.1, -0.05) is 92.7 Å². The molecular weight excluding hydrogens is 420 g/mol. The van der Waals surface area contributed by atoms with Gasteiger partial charge in [0.25, 0.3) is 0 Å². The van der Waals surface area contributed by atoms with E-state index < -0.39 is 6.10 Å². The number of hydrogen-bond acceptors (Lipinski definition) is 4. The zero-order chi connectivity index (χ0) is 23.8. The molecule has 0 bridgehead atoms. The van der Waals surface area contributed by atoms with E-state index in [4.69, 9.17) is 4.74 Å². The summed E-state index contributed by atoms with van der Waals surface area (Å²) in [7, 11) is 0. The third kappa shape index (κ3) is 6.26. The minimum atomic E-state index is -0.504. The summed E-state index contributed by atoms with van der Waals surface area (Å²) in [4.78, 5) is 4.92. The standard InChI is InChI=1S/C30H38N2O2/c1-3-24(2)28-16-10-11-17-29(28)34-23-27(33)22-31-18-20-32(21-19-31)30(25-12-6-4-7-13-25)26-14-8-5-9-15-26/h4-17,24,27,30,33H,3,18-23H2,1-2H3/t24-,27-/m1/s1. The monoisotopic (exact) mass is 458 g/mol. The molecule has 0 amide bonds. The van der Waals surface area contributed by atoms with Gasteiger partial charge in [0, 0.05) is 32.7 Å². The van der Waals surface area contributed by atoms with Crippen molar-refractivity contribution in [3.63, 3.8) is 0 Å². The molecule has 4 nitrogen and oxygen atoms in total. The Morgan fingerprint density at radius 2 is 1.35 bits per heavy atom. The van der Waals surface area contributed by atoms with E-state index >= 15 is 0 Å². The van der Waals surface area contributed by atoms with Gasteiger partial charge in [0.1, 0.15) is 18.5 Å². The van der Waals surface area contributed by atoms with Crippen LogP contribution >= 0.6 is 0 Å². The maximum atomic E-state index is 10.7. The molecule has 34 heavy (non-hydrogen) atoms. The van der Waals surface area contributed by atoms with Gasteiger partial charge in [0.2, 0.25) is 0 Å². The molecule has 1 aliphatic rings. The second kappa shape index (κ2) is 12.2. The van der Waals surface area contributed by atoms with Gasteiger partial charge in [0.05, 0.1) is 6.04 Å². The molecule has 3 aromatic carbocycles. The van der Waals surface area contributed by atoms with Crippen molar-refractivity contribution in [2.24, 2.45) is 0 Å². The second-order valence-electron chi connectivity index (χ2n) is 9.37. The van der Waals surface area contributed by atoms with Crippen molar-refractivity contribution in [1.82, 2.24) is 9.80 Å². The highest BCUT2D eigenvalue weighted by atomic mass is 16.5. The molecule has 0 radical (unpaired) electrons. The Morgan fingerprint density at radius 1 is 0.794 bits per heavy atom. The number of nitrogens with zero attached hydrogens (tertiary/aromatic N) is 2. The summed E-state index contributed by atoms with van der Waals surface area (Å²) in [6.45, 7) is 9.20. The third-order valence-corrected chi connectivity index (χ3v) is 6.97. The van der Waals surface area contributed by atoms with Crippen LogP contribution in [0.4, 0.5) is 0 Å². The molecule has 0 saturated carbocycles. The number of piperazine rings is 1. The van der Waals surface area contributed by atoms with Gasteiger partial charge in [0.15, 0.2) is 0 Å². The average molecular weight is 459 g/mol. The van der Waals surface area contributed by atoms with Gasteiger partial charge in [-0.2, -0.15) is 0 Å². The molecule has 1 heterocycles. The predicted molar refractivity (Wildman–Crippen MR) is 139 cm³/mol. The lowest BCUT2D eigenvalue weighted by molar-refractivity contribution is 0.0398. The zero-order valence-corrected chi connectivity index (χ0v) is 20.5. The number of rotatable bonds is 10. The average Bonchev–Trinajstić information content (AvgIpc) is 2.89. The molecule has 0 spiro atoms. The molecule has 0 aliphatic carbocycles. The Kier molecular flexibility index (Phi) is 8.75. The van der Waals surface area contributed by atoms with Crippen molar-refractivity contribution in [2.45, 2.75) is 38.3 Å². The highest BCUT2D eigenvalue weighted by Gasteiger charge is 2.27. The number of β-amino-alcohol motifs (C(OH)–C–C–N with tert-alkyl or cyclic N) is 1. The normalized spacial score (nSPS) is 16.9. The molecular formula is C30H38N2O2. The summed E-state index contributed by atoms with van der Waals surface area (Å²) in [5.74, 6) is 1.35. The molecule has 1 N–H and O–H groups in total. The van der Waals surface area contributed by atoms with Gasteiger partial charge in [-0.05, 0) is 35.1 Å². The maximum Gasteiger partial charge on any atom is 0.122 e. The van der Waals surface area contributed by atoms with E-state index in [1.807, 2.05) is 12.1 Å². The first-order valence-corrected chi connectivity index (χ1v) is 12.6. The van der Waals surface area contributed by atoms with E-state index in [2.05, 4.69) is 96.4 Å². The zero-order valence-electron chi connectivity index (χ0n) is 20.5. The SMILES string of the molecule is CC[C@@H](C)c1ccccc1OC[C@H](O)CN1CCN(C(c2ccccc2)c2ccccc2)CC1. The van der Waals surface area contributed by atoms with Gasteiger partial charge in [-0.25, -0.2) is 0 Å². The Bertz CT molecular complexity index is 947. The van der Waals surface area contributed by atoms with Crippen LogP contribution in [-0.4, -0.2) is 60.3 Å². The predicted octanol–water partition coefficient (Wildman–Crippen LogP) is 5.35. The lowest BCUT2D eigenvalue weighted by Crippen LogP contribution is -2.50. The number of para-hydroxylation sites is 1. The Hall–Kier alpha value is -2.66. The van der Waals surface area contributed by atoms with Crippen LogP contribution in [0.15, 0.2) is 84.9 Å². The van der Waals surface area contributed by atoms with Crippen molar-refractivity contribution in [2.75, 3.05) is 39.3 Å². The first-order valence-electron chi connectivity index (χ1n) is 12.6. The molecule has 3 aromatic rings. The Morgan fingerprint density at radius 3 is 1.94 bits per heavy atom. The summed E-state index contributed by atoms with van der Waals surface area (Å²) in [5, 5.41) is 10.7. The minimum Gasteiger partial charge on any atom is -0.491 e. The number of aliphatic hydroxyl groups is 1. The summed E-state index contributed by atoms with van der Waals surface area (Å²) < 4.78 is 6.05. The van der Waals surface area contributed by atoms with Crippen molar-refractivity contribution in [3.05, 3.63) is 102 Å². The fraction of sp³-hybridized carbons (Fsp3) is 0.400. The quantitative estimate of drug-likeness (QED) is 0.444. The molecule has 2 atom stereocenters. The molecule has 0 unspecified atom stereocenters. The number of ether oxygens (including phenoxy) is 1. The minimum absolute atomic E-state index is 0.259. The Labute approximate surface area is 204 Å². The van der Waals surface area contributed by atoms with E-state index in [-0.39, 0.29) is 6.04 Å². The number of aliphatic hydroxyl groups excluding tert-OH is 1. The number of hydrogen-bond donors (Lipinski definition) is 1. The van der Waals surface area contributed by atoms with E-state index in [1.165, 1.54) is 16.7 Å². The molecule has 4 heteroatoms. The largest absolute Gasteiger partial charge is 0.491 e. The molecule has 0 aromatic heterocycles. The van der Waals surface area contributed by atoms with Crippen LogP contribution in [0.1, 0.15) is 48.9 Å². The summed E-state index contributed by atoms with van der Waals surface area (Å²) >= 11 is 0. The summed E-state index contributed by atoms with van der Waals surface area (Å²) in [5.41, 5.74) is 3.88. The smallest absolute Gasteiger partial charge is 0.122 e. The van der Waals surface area contributed by atoms with Gasteiger partial charge in [-0.3, -0.25) is 9.80 Å². The third-order valence-electron chi connectivity index (χ3n) is 6.97. The van der Waals surface area contributed by atoms with Crippen LogP contribution in [0.2, 0.25) is 0 Å². The van der Waals surface area contributed by atoms with E-state index in [9.17, 15) is 5.11 Å². The van der Waals surface area contributed by atoms with Gasteiger partial charge >= 0.3 is 0 Å². The molecule has 4 rings (SSSR count).